The molecule has 0 saturated carbocycles. The van der Waals surface area contributed by atoms with Crippen LogP contribution in [-0.2, 0) is 0 Å². The molecule has 0 radical (unpaired) electrons. The van der Waals surface area contributed by atoms with Crippen molar-refractivity contribution >= 4 is 23.1 Å². The van der Waals surface area contributed by atoms with E-state index < -0.39 is 0 Å². The van der Waals surface area contributed by atoms with Crippen LogP contribution in [0.4, 0.5) is 0 Å². The molecule has 0 bridgehead atoms. The fourth-order valence-corrected chi connectivity index (χ4v) is 2.70. The zero-order valence-electron chi connectivity index (χ0n) is 9.31. The second-order valence-electron chi connectivity index (χ2n) is 3.58. The smallest absolute Gasteiger partial charge is 0.114 e. The number of hydrogen-bond donors (Lipinski definition) is 1. The topological polar surface area (TPSA) is 38.9 Å². The fraction of sp³-hybridized carbons (Fsp3) is 0.250. The van der Waals surface area contributed by atoms with Gasteiger partial charge in [-0.05, 0) is 30.9 Å². The second-order valence-corrected chi connectivity index (χ2v) is 5.35. The Morgan fingerprint density at radius 2 is 2.00 bits per heavy atom. The Morgan fingerprint density at radius 3 is 2.50 bits per heavy atom. The van der Waals surface area contributed by atoms with E-state index >= 15 is 0 Å². The molecule has 0 aliphatic rings. The summed E-state index contributed by atoms with van der Waals surface area (Å²) in [6.07, 6.45) is 2.07. The number of nitrogens with zero attached hydrogens (tertiary/aromatic N) is 1. The van der Waals surface area contributed by atoms with Crippen LogP contribution < -0.4 is 5.73 Å². The molecule has 1 unspecified atom stereocenters. The fourth-order valence-electron chi connectivity index (χ4n) is 1.47. The van der Waals surface area contributed by atoms with Crippen LogP contribution in [0.25, 0.3) is 0 Å². The molecule has 16 heavy (non-hydrogen) atoms. The second kappa shape index (κ2) is 4.99. The van der Waals surface area contributed by atoms with Crippen molar-refractivity contribution in [3.05, 3.63) is 45.9 Å². The summed E-state index contributed by atoms with van der Waals surface area (Å²) in [5.74, 6) is 0. The number of aryl methyl sites for hydroxylation is 1. The van der Waals surface area contributed by atoms with Gasteiger partial charge in [-0.25, -0.2) is 4.98 Å². The van der Waals surface area contributed by atoms with E-state index in [1.54, 1.807) is 23.1 Å². The average molecular weight is 250 g/mol. The first-order valence-corrected chi connectivity index (χ1v) is 7.12. The van der Waals surface area contributed by atoms with E-state index in [0.717, 1.165) is 16.3 Å². The molecule has 1 heterocycles. The van der Waals surface area contributed by atoms with E-state index in [-0.39, 0.29) is 6.04 Å². The molecule has 2 rings (SSSR count). The minimum absolute atomic E-state index is 0.102. The van der Waals surface area contributed by atoms with Gasteiger partial charge in [0.05, 0.1) is 6.04 Å². The third kappa shape index (κ3) is 2.45. The Morgan fingerprint density at radius 1 is 1.31 bits per heavy atom. The van der Waals surface area contributed by atoms with E-state index in [2.05, 4.69) is 35.5 Å². The number of hydrogen-bond acceptors (Lipinski definition) is 4. The summed E-state index contributed by atoms with van der Waals surface area (Å²) in [5, 5.41) is 3.01. The molecule has 0 fully saturated rings. The predicted octanol–water partition coefficient (Wildman–Crippen LogP) is 3.22. The van der Waals surface area contributed by atoms with Crippen molar-refractivity contribution < 1.29 is 0 Å². The Balaban J connectivity index is 2.23. The van der Waals surface area contributed by atoms with Gasteiger partial charge in [-0.15, -0.1) is 23.1 Å². The summed E-state index contributed by atoms with van der Waals surface area (Å²) in [6, 6.07) is 8.25. The normalized spacial score (nSPS) is 12.7. The van der Waals surface area contributed by atoms with Crippen molar-refractivity contribution in [2.75, 3.05) is 6.26 Å². The van der Waals surface area contributed by atoms with Gasteiger partial charge in [0.2, 0.25) is 0 Å². The number of aromatic nitrogens is 1. The Kier molecular flexibility index (Phi) is 3.63. The van der Waals surface area contributed by atoms with Crippen molar-refractivity contribution in [3.8, 4) is 0 Å². The first-order valence-electron chi connectivity index (χ1n) is 5.02. The molecule has 0 spiro atoms. The van der Waals surface area contributed by atoms with Crippen LogP contribution in [0.1, 0.15) is 22.3 Å². The molecule has 0 saturated heterocycles. The van der Waals surface area contributed by atoms with Gasteiger partial charge in [-0.1, -0.05) is 12.1 Å². The highest BCUT2D eigenvalue weighted by atomic mass is 32.2. The van der Waals surface area contributed by atoms with Crippen LogP contribution in [0.3, 0.4) is 0 Å². The third-order valence-corrected chi connectivity index (χ3v) is 4.17. The van der Waals surface area contributed by atoms with E-state index in [9.17, 15) is 0 Å². The summed E-state index contributed by atoms with van der Waals surface area (Å²) in [4.78, 5) is 5.67. The lowest BCUT2D eigenvalue weighted by molar-refractivity contribution is 0.851. The van der Waals surface area contributed by atoms with Crippen LogP contribution in [0.2, 0.25) is 0 Å². The standard InChI is InChI=1S/C12H14N2S2/c1-8-7-16-12(14-8)11(13)9-3-5-10(15-2)6-4-9/h3-7,11H,13H2,1-2H3. The quantitative estimate of drug-likeness (QED) is 0.850. The van der Waals surface area contributed by atoms with E-state index in [1.165, 1.54) is 4.90 Å². The van der Waals surface area contributed by atoms with Crippen LogP contribution in [-0.4, -0.2) is 11.2 Å². The van der Waals surface area contributed by atoms with Gasteiger partial charge in [0, 0.05) is 16.0 Å². The van der Waals surface area contributed by atoms with Crippen molar-refractivity contribution in [2.24, 2.45) is 5.73 Å². The largest absolute Gasteiger partial charge is 0.318 e. The Bertz CT molecular complexity index is 462. The maximum atomic E-state index is 6.16. The van der Waals surface area contributed by atoms with E-state index in [1.807, 2.05) is 12.3 Å². The minimum Gasteiger partial charge on any atom is -0.318 e. The maximum absolute atomic E-state index is 6.16. The molecule has 1 atom stereocenters. The molecule has 1 aromatic heterocycles. The van der Waals surface area contributed by atoms with Gasteiger partial charge in [-0.2, -0.15) is 0 Å². The molecule has 4 heteroatoms. The third-order valence-electron chi connectivity index (χ3n) is 2.38. The van der Waals surface area contributed by atoms with Crippen molar-refractivity contribution in [2.45, 2.75) is 17.9 Å². The van der Waals surface area contributed by atoms with E-state index in [0.29, 0.717) is 0 Å². The first kappa shape index (κ1) is 11.6. The molecular formula is C12H14N2S2. The molecule has 1 aromatic carbocycles. The first-order chi connectivity index (χ1) is 7.70. The highest BCUT2D eigenvalue weighted by Gasteiger charge is 2.11. The summed E-state index contributed by atoms with van der Waals surface area (Å²) in [7, 11) is 0. The van der Waals surface area contributed by atoms with Crippen molar-refractivity contribution in [3.63, 3.8) is 0 Å². The minimum atomic E-state index is -0.102. The predicted molar refractivity (Wildman–Crippen MR) is 71.1 cm³/mol. The molecule has 0 amide bonds. The van der Waals surface area contributed by atoms with Crippen molar-refractivity contribution in [1.29, 1.82) is 0 Å². The summed E-state index contributed by atoms with van der Waals surface area (Å²) >= 11 is 3.36. The zero-order valence-corrected chi connectivity index (χ0v) is 10.9. The number of thioether (sulfide) groups is 1. The SMILES string of the molecule is CSc1ccc(C(N)c2nc(C)cs2)cc1. The Labute approximate surface area is 104 Å². The van der Waals surface area contributed by atoms with E-state index in [4.69, 9.17) is 5.73 Å². The highest BCUT2D eigenvalue weighted by Crippen LogP contribution is 2.24. The monoisotopic (exact) mass is 250 g/mol. The molecule has 2 aromatic rings. The zero-order chi connectivity index (χ0) is 11.5. The van der Waals surface area contributed by atoms with Gasteiger partial charge in [-0.3, -0.25) is 0 Å². The van der Waals surface area contributed by atoms with Crippen LogP contribution in [0.15, 0.2) is 34.5 Å². The molecule has 84 valence electrons. The molecule has 0 aliphatic heterocycles. The lowest BCUT2D eigenvalue weighted by Gasteiger charge is -2.09. The molecule has 2 N–H and O–H groups in total. The highest BCUT2D eigenvalue weighted by molar-refractivity contribution is 7.98. The van der Waals surface area contributed by atoms with Gasteiger partial charge < -0.3 is 5.73 Å². The number of nitrogens with two attached hydrogens (primary N) is 1. The van der Waals surface area contributed by atoms with Gasteiger partial charge in [0.25, 0.3) is 0 Å². The lowest BCUT2D eigenvalue weighted by Crippen LogP contribution is -2.11. The number of rotatable bonds is 3. The molecule has 2 nitrogen and oxygen atoms in total. The van der Waals surface area contributed by atoms with Crippen LogP contribution in [0, 0.1) is 6.92 Å². The summed E-state index contributed by atoms with van der Waals surface area (Å²) < 4.78 is 0. The van der Waals surface area contributed by atoms with Gasteiger partial charge >= 0.3 is 0 Å². The summed E-state index contributed by atoms with van der Waals surface area (Å²) in [6.45, 7) is 1.99. The Hall–Kier alpha value is -0.840. The number of thiazole rings is 1. The molecular weight excluding hydrogens is 236 g/mol. The maximum Gasteiger partial charge on any atom is 0.114 e. The van der Waals surface area contributed by atoms with Crippen LogP contribution in [0.5, 0.6) is 0 Å². The lowest BCUT2D eigenvalue weighted by atomic mass is 10.1. The van der Waals surface area contributed by atoms with Crippen LogP contribution >= 0.6 is 23.1 Å². The van der Waals surface area contributed by atoms with Crippen molar-refractivity contribution in [1.82, 2.24) is 4.98 Å². The summed E-state index contributed by atoms with van der Waals surface area (Å²) in [5.41, 5.74) is 8.32. The van der Waals surface area contributed by atoms with Gasteiger partial charge in [0.1, 0.15) is 5.01 Å². The molecule has 0 aliphatic carbocycles. The van der Waals surface area contributed by atoms with Gasteiger partial charge in [0.15, 0.2) is 0 Å². The number of benzene rings is 1. The average Bonchev–Trinajstić information content (AvgIpc) is 2.75.